The van der Waals surface area contributed by atoms with E-state index in [9.17, 15) is 4.79 Å². The van der Waals surface area contributed by atoms with E-state index in [-0.39, 0.29) is 12.0 Å². The van der Waals surface area contributed by atoms with Gasteiger partial charge in [0, 0.05) is 12.6 Å². The van der Waals surface area contributed by atoms with Crippen LogP contribution in [0, 0.1) is 6.92 Å². The first-order valence-electron chi connectivity index (χ1n) is 9.55. The molecule has 2 atom stereocenters. The maximum Gasteiger partial charge on any atom is 0.238 e. The van der Waals surface area contributed by atoms with Gasteiger partial charge < -0.3 is 23.9 Å². The molecule has 0 spiro atoms. The molecule has 30 heavy (non-hydrogen) atoms. The van der Waals surface area contributed by atoms with Crippen molar-refractivity contribution in [2.24, 2.45) is 0 Å². The largest absolute Gasteiger partial charge is 0.497 e. The topological polar surface area (TPSA) is 104 Å². The molecule has 0 saturated heterocycles. The highest BCUT2D eigenvalue weighted by Crippen LogP contribution is 2.28. The Hall–Kier alpha value is -3.01. The van der Waals surface area contributed by atoms with Gasteiger partial charge >= 0.3 is 0 Å². The van der Waals surface area contributed by atoms with Crippen LogP contribution in [0.15, 0.2) is 40.0 Å². The second-order valence-corrected chi connectivity index (χ2v) is 7.90. The van der Waals surface area contributed by atoms with Gasteiger partial charge in [-0.25, -0.2) is 0 Å². The first-order chi connectivity index (χ1) is 14.4. The lowest BCUT2D eigenvalue weighted by Gasteiger charge is -2.16. The van der Waals surface area contributed by atoms with E-state index in [0.717, 1.165) is 5.75 Å². The SMILES string of the molecule is CCn1c(SC(C)C(=O)Nc2cc(C)on2)nnc1C(C)Oc1ccc(OC)cc1. The van der Waals surface area contributed by atoms with E-state index in [1.807, 2.05) is 42.7 Å². The molecule has 160 valence electrons. The quantitative estimate of drug-likeness (QED) is 0.509. The molecule has 2 aromatic heterocycles. The molecule has 1 N–H and O–H groups in total. The zero-order chi connectivity index (χ0) is 21.7. The number of hydrogen-bond acceptors (Lipinski definition) is 8. The van der Waals surface area contributed by atoms with Gasteiger partial charge in [-0.05, 0) is 52.0 Å². The van der Waals surface area contributed by atoms with Crippen LogP contribution in [0.25, 0.3) is 0 Å². The van der Waals surface area contributed by atoms with Crippen LogP contribution in [-0.4, -0.2) is 38.2 Å². The van der Waals surface area contributed by atoms with Crippen molar-refractivity contribution in [3.05, 3.63) is 41.9 Å². The van der Waals surface area contributed by atoms with Crippen molar-refractivity contribution >= 4 is 23.5 Å². The molecule has 1 amide bonds. The van der Waals surface area contributed by atoms with Crippen LogP contribution < -0.4 is 14.8 Å². The summed E-state index contributed by atoms with van der Waals surface area (Å²) in [4.78, 5) is 12.5. The molecule has 2 heterocycles. The number of carbonyl (C=O) groups is 1. The molecule has 0 saturated carbocycles. The lowest BCUT2D eigenvalue weighted by molar-refractivity contribution is -0.115. The first-order valence-corrected chi connectivity index (χ1v) is 10.4. The Balaban J connectivity index is 1.67. The van der Waals surface area contributed by atoms with E-state index in [2.05, 4.69) is 20.7 Å². The molecule has 0 aliphatic rings. The standard InChI is InChI=1S/C20H25N5O4S/c1-6-25-18(13(3)28-16-9-7-15(27-5)8-10-16)22-23-20(25)30-14(4)19(26)21-17-11-12(2)29-24-17/h7-11,13-14H,6H2,1-5H3,(H,21,24,26). The predicted molar refractivity (Wildman–Crippen MR) is 113 cm³/mol. The Morgan fingerprint density at radius 1 is 1.23 bits per heavy atom. The molecule has 0 bridgehead atoms. The van der Waals surface area contributed by atoms with Crippen LogP contribution in [0.3, 0.4) is 0 Å². The number of rotatable bonds is 9. The highest BCUT2D eigenvalue weighted by Gasteiger charge is 2.23. The third-order valence-corrected chi connectivity index (χ3v) is 5.41. The Morgan fingerprint density at radius 2 is 1.93 bits per heavy atom. The zero-order valence-electron chi connectivity index (χ0n) is 17.6. The van der Waals surface area contributed by atoms with E-state index < -0.39 is 5.25 Å². The van der Waals surface area contributed by atoms with Gasteiger partial charge in [-0.1, -0.05) is 16.9 Å². The second kappa shape index (κ2) is 9.66. The van der Waals surface area contributed by atoms with Crippen LogP contribution in [0.5, 0.6) is 11.5 Å². The summed E-state index contributed by atoms with van der Waals surface area (Å²) in [6, 6.07) is 9.03. The van der Waals surface area contributed by atoms with Crippen molar-refractivity contribution in [2.75, 3.05) is 12.4 Å². The number of hydrogen-bond donors (Lipinski definition) is 1. The smallest absolute Gasteiger partial charge is 0.238 e. The summed E-state index contributed by atoms with van der Waals surface area (Å²) >= 11 is 1.33. The fourth-order valence-electron chi connectivity index (χ4n) is 2.76. The number of benzene rings is 1. The van der Waals surface area contributed by atoms with Gasteiger partial charge in [0.05, 0.1) is 12.4 Å². The molecule has 0 aliphatic carbocycles. The van der Waals surface area contributed by atoms with E-state index in [1.54, 1.807) is 27.0 Å². The van der Waals surface area contributed by atoms with E-state index in [4.69, 9.17) is 14.0 Å². The van der Waals surface area contributed by atoms with Gasteiger partial charge in [0.2, 0.25) is 5.91 Å². The molecule has 2 unspecified atom stereocenters. The fraction of sp³-hybridized carbons (Fsp3) is 0.400. The summed E-state index contributed by atoms with van der Waals surface area (Å²) in [5.74, 6) is 2.99. The lowest BCUT2D eigenvalue weighted by atomic mass is 10.3. The molecule has 3 aromatic rings. The molecular formula is C20H25N5O4S. The van der Waals surface area contributed by atoms with Gasteiger partial charge in [0.15, 0.2) is 22.9 Å². The molecule has 9 nitrogen and oxygen atoms in total. The maximum absolute atomic E-state index is 12.5. The Labute approximate surface area is 179 Å². The summed E-state index contributed by atoms with van der Waals surface area (Å²) in [7, 11) is 1.62. The predicted octanol–water partition coefficient (Wildman–Crippen LogP) is 3.86. The Morgan fingerprint density at radius 3 is 2.53 bits per heavy atom. The maximum atomic E-state index is 12.5. The highest BCUT2D eigenvalue weighted by atomic mass is 32.2. The van der Waals surface area contributed by atoms with E-state index in [0.29, 0.717) is 34.9 Å². The Bertz CT molecular complexity index is 986. The van der Waals surface area contributed by atoms with Gasteiger partial charge in [-0.3, -0.25) is 4.79 Å². The van der Waals surface area contributed by atoms with Gasteiger partial charge in [0.1, 0.15) is 17.3 Å². The van der Waals surface area contributed by atoms with Crippen LogP contribution in [-0.2, 0) is 11.3 Å². The molecule has 3 rings (SSSR count). The molecule has 0 radical (unpaired) electrons. The van der Waals surface area contributed by atoms with Gasteiger partial charge in [-0.15, -0.1) is 10.2 Å². The number of aryl methyl sites for hydroxylation is 1. The number of ether oxygens (including phenoxy) is 2. The van der Waals surface area contributed by atoms with Crippen molar-refractivity contribution in [2.45, 2.75) is 50.8 Å². The number of aromatic nitrogens is 4. The van der Waals surface area contributed by atoms with Crippen molar-refractivity contribution in [3.8, 4) is 11.5 Å². The van der Waals surface area contributed by atoms with Crippen LogP contribution >= 0.6 is 11.8 Å². The van der Waals surface area contributed by atoms with E-state index >= 15 is 0 Å². The lowest BCUT2D eigenvalue weighted by Crippen LogP contribution is -2.23. The van der Waals surface area contributed by atoms with Gasteiger partial charge in [0.25, 0.3) is 0 Å². The number of anilines is 1. The van der Waals surface area contributed by atoms with Crippen molar-refractivity contribution in [3.63, 3.8) is 0 Å². The van der Waals surface area contributed by atoms with Crippen LogP contribution in [0.2, 0.25) is 0 Å². The van der Waals surface area contributed by atoms with Crippen LogP contribution in [0.1, 0.15) is 38.5 Å². The number of methoxy groups -OCH3 is 1. The number of carbonyl (C=O) groups excluding carboxylic acids is 1. The summed E-state index contributed by atoms with van der Waals surface area (Å²) in [6.45, 7) is 8.13. The molecule has 1 aromatic carbocycles. The van der Waals surface area contributed by atoms with E-state index in [1.165, 1.54) is 11.8 Å². The zero-order valence-corrected chi connectivity index (χ0v) is 18.4. The Kier molecular flexibility index (Phi) is 6.99. The molecule has 0 fully saturated rings. The highest BCUT2D eigenvalue weighted by molar-refractivity contribution is 8.00. The molecular weight excluding hydrogens is 406 g/mol. The number of nitrogens with zero attached hydrogens (tertiary/aromatic N) is 4. The summed E-state index contributed by atoms with van der Waals surface area (Å²) < 4.78 is 18.1. The molecule has 10 heteroatoms. The first kappa shape index (κ1) is 21.7. The number of amides is 1. The fourth-order valence-corrected chi connectivity index (χ4v) is 3.68. The van der Waals surface area contributed by atoms with Crippen molar-refractivity contribution < 1.29 is 18.8 Å². The average Bonchev–Trinajstić information content (AvgIpc) is 3.33. The average molecular weight is 432 g/mol. The van der Waals surface area contributed by atoms with Crippen molar-refractivity contribution in [1.29, 1.82) is 0 Å². The minimum absolute atomic E-state index is 0.192. The minimum atomic E-state index is -0.401. The number of thioether (sulfide) groups is 1. The monoisotopic (exact) mass is 431 g/mol. The number of nitrogens with one attached hydrogen (secondary N) is 1. The normalized spacial score (nSPS) is 13.0. The van der Waals surface area contributed by atoms with Crippen LogP contribution in [0.4, 0.5) is 5.82 Å². The summed E-state index contributed by atoms with van der Waals surface area (Å²) in [6.07, 6.45) is -0.317. The third-order valence-electron chi connectivity index (χ3n) is 4.33. The van der Waals surface area contributed by atoms with Crippen molar-refractivity contribution in [1.82, 2.24) is 19.9 Å². The third kappa shape index (κ3) is 5.12. The van der Waals surface area contributed by atoms with Gasteiger partial charge in [-0.2, -0.15) is 0 Å². The minimum Gasteiger partial charge on any atom is -0.497 e. The molecule has 0 aliphatic heterocycles. The second-order valence-electron chi connectivity index (χ2n) is 6.59. The summed E-state index contributed by atoms with van der Waals surface area (Å²) in [5, 5.41) is 15.3. The summed E-state index contributed by atoms with van der Waals surface area (Å²) in [5.41, 5.74) is 0.